The van der Waals surface area contributed by atoms with Gasteiger partial charge in [-0.25, -0.2) is 0 Å². The van der Waals surface area contributed by atoms with Crippen LogP contribution in [0.5, 0.6) is 0 Å². The zero-order valence-corrected chi connectivity index (χ0v) is 12.8. The van der Waals surface area contributed by atoms with Crippen LogP contribution < -0.4 is 5.32 Å². The van der Waals surface area contributed by atoms with Gasteiger partial charge in [0.05, 0.1) is 0 Å². The maximum atomic E-state index is 12.2. The number of benzene rings is 1. The van der Waals surface area contributed by atoms with Crippen LogP contribution in [0.15, 0.2) is 30.3 Å². The number of carbonyl (C=O) groups is 2. The summed E-state index contributed by atoms with van der Waals surface area (Å²) < 4.78 is 0. The highest BCUT2D eigenvalue weighted by atomic mass is 16.2. The summed E-state index contributed by atoms with van der Waals surface area (Å²) in [5, 5.41) is 2.95. The minimum Gasteiger partial charge on any atom is -0.342 e. The van der Waals surface area contributed by atoms with Crippen molar-refractivity contribution in [3.05, 3.63) is 30.3 Å². The first-order valence-corrected chi connectivity index (χ1v) is 7.76. The molecule has 1 aliphatic heterocycles. The molecule has 21 heavy (non-hydrogen) atoms. The van der Waals surface area contributed by atoms with Gasteiger partial charge < -0.3 is 10.2 Å². The molecule has 0 bridgehead atoms. The molecule has 1 N–H and O–H groups in total. The van der Waals surface area contributed by atoms with Gasteiger partial charge in [-0.1, -0.05) is 32.0 Å². The van der Waals surface area contributed by atoms with Crippen LogP contribution in [0.2, 0.25) is 0 Å². The second-order valence-electron chi connectivity index (χ2n) is 5.76. The summed E-state index contributed by atoms with van der Waals surface area (Å²) in [7, 11) is 0. The number of likely N-dealkylation sites (tertiary alicyclic amines) is 1. The van der Waals surface area contributed by atoms with Crippen LogP contribution in [-0.4, -0.2) is 29.8 Å². The molecule has 0 spiro atoms. The fourth-order valence-electron chi connectivity index (χ4n) is 2.61. The standard InChI is InChI=1S/C17H24N2O2/c1-3-13(2)17(21)19-11-9-14(10-12-19)16(20)18-15-7-5-4-6-8-15/h4-8,13-14H,3,9-12H2,1-2H3,(H,18,20). The summed E-state index contributed by atoms with van der Waals surface area (Å²) in [6, 6.07) is 9.51. The molecular formula is C17H24N2O2. The van der Waals surface area contributed by atoms with Gasteiger partial charge in [0, 0.05) is 30.6 Å². The van der Waals surface area contributed by atoms with Gasteiger partial charge in [-0.05, 0) is 31.4 Å². The second kappa shape index (κ2) is 7.25. The van der Waals surface area contributed by atoms with Crippen LogP contribution in [0, 0.1) is 11.8 Å². The van der Waals surface area contributed by atoms with Crippen molar-refractivity contribution in [2.45, 2.75) is 33.1 Å². The largest absolute Gasteiger partial charge is 0.342 e. The number of amides is 2. The molecule has 0 aromatic heterocycles. The van der Waals surface area contributed by atoms with Crippen molar-refractivity contribution in [3.63, 3.8) is 0 Å². The molecular weight excluding hydrogens is 264 g/mol. The third-order valence-electron chi connectivity index (χ3n) is 4.25. The summed E-state index contributed by atoms with van der Waals surface area (Å²) in [6.07, 6.45) is 2.37. The summed E-state index contributed by atoms with van der Waals surface area (Å²) >= 11 is 0. The molecule has 1 aromatic carbocycles. The molecule has 1 fully saturated rings. The summed E-state index contributed by atoms with van der Waals surface area (Å²) in [5.41, 5.74) is 0.834. The minimum atomic E-state index is 0.00573. The zero-order chi connectivity index (χ0) is 15.2. The van der Waals surface area contributed by atoms with E-state index < -0.39 is 0 Å². The average Bonchev–Trinajstić information content (AvgIpc) is 2.54. The predicted molar refractivity (Wildman–Crippen MR) is 83.8 cm³/mol. The number of hydrogen-bond acceptors (Lipinski definition) is 2. The van der Waals surface area contributed by atoms with Gasteiger partial charge in [0.1, 0.15) is 0 Å². The van der Waals surface area contributed by atoms with Crippen molar-refractivity contribution in [1.82, 2.24) is 4.90 Å². The highest BCUT2D eigenvalue weighted by molar-refractivity contribution is 5.92. The monoisotopic (exact) mass is 288 g/mol. The molecule has 4 heteroatoms. The first-order chi connectivity index (χ1) is 10.1. The first-order valence-electron chi connectivity index (χ1n) is 7.76. The molecule has 0 radical (unpaired) electrons. The number of anilines is 1. The normalized spacial score (nSPS) is 17.3. The maximum Gasteiger partial charge on any atom is 0.227 e. The molecule has 1 heterocycles. The van der Waals surface area contributed by atoms with E-state index in [4.69, 9.17) is 0 Å². The van der Waals surface area contributed by atoms with Crippen molar-refractivity contribution in [2.24, 2.45) is 11.8 Å². The van der Waals surface area contributed by atoms with E-state index in [0.717, 1.165) is 24.9 Å². The predicted octanol–water partition coefficient (Wildman–Crippen LogP) is 2.91. The minimum absolute atomic E-state index is 0.00573. The lowest BCUT2D eigenvalue weighted by Crippen LogP contribution is -2.43. The Hall–Kier alpha value is -1.84. The summed E-state index contributed by atoms with van der Waals surface area (Å²) in [6.45, 7) is 5.38. The molecule has 0 saturated carbocycles. The lowest BCUT2D eigenvalue weighted by Gasteiger charge is -2.32. The number of piperidine rings is 1. The van der Waals surface area contributed by atoms with Gasteiger partial charge in [0.15, 0.2) is 0 Å². The molecule has 2 rings (SSSR count). The topological polar surface area (TPSA) is 49.4 Å². The summed E-state index contributed by atoms with van der Waals surface area (Å²) in [4.78, 5) is 26.2. The van der Waals surface area contributed by atoms with Crippen molar-refractivity contribution >= 4 is 17.5 Å². The molecule has 4 nitrogen and oxygen atoms in total. The smallest absolute Gasteiger partial charge is 0.227 e. The third-order valence-corrected chi connectivity index (χ3v) is 4.25. The Morgan fingerprint density at radius 3 is 2.43 bits per heavy atom. The number of para-hydroxylation sites is 1. The Morgan fingerprint density at radius 1 is 1.24 bits per heavy atom. The van der Waals surface area contributed by atoms with Crippen LogP contribution in [0.3, 0.4) is 0 Å². The average molecular weight is 288 g/mol. The van der Waals surface area contributed by atoms with Gasteiger partial charge in [0.2, 0.25) is 11.8 Å². The Labute approximate surface area is 126 Å². The lowest BCUT2D eigenvalue weighted by molar-refractivity contribution is -0.138. The molecule has 1 unspecified atom stereocenters. The van der Waals surface area contributed by atoms with E-state index in [9.17, 15) is 9.59 Å². The molecule has 2 amide bonds. The lowest BCUT2D eigenvalue weighted by atomic mass is 9.94. The highest BCUT2D eigenvalue weighted by Crippen LogP contribution is 2.21. The van der Waals surface area contributed by atoms with Crippen molar-refractivity contribution in [1.29, 1.82) is 0 Å². The number of rotatable bonds is 4. The molecule has 1 aromatic rings. The Kier molecular flexibility index (Phi) is 5.37. The molecule has 114 valence electrons. The molecule has 1 aliphatic rings. The molecule has 1 saturated heterocycles. The SMILES string of the molecule is CCC(C)C(=O)N1CCC(C(=O)Nc2ccccc2)CC1. The number of nitrogens with zero attached hydrogens (tertiary/aromatic N) is 1. The number of carbonyl (C=O) groups excluding carboxylic acids is 2. The van der Waals surface area contributed by atoms with Gasteiger partial charge in [0.25, 0.3) is 0 Å². The third kappa shape index (κ3) is 4.06. The molecule has 1 atom stereocenters. The Balaban J connectivity index is 1.83. The second-order valence-corrected chi connectivity index (χ2v) is 5.76. The van der Waals surface area contributed by atoms with E-state index in [1.165, 1.54) is 0 Å². The van der Waals surface area contributed by atoms with Gasteiger partial charge in [-0.2, -0.15) is 0 Å². The van der Waals surface area contributed by atoms with Crippen molar-refractivity contribution in [3.8, 4) is 0 Å². The van der Waals surface area contributed by atoms with Crippen LogP contribution in [-0.2, 0) is 9.59 Å². The Bertz CT molecular complexity index is 479. The maximum absolute atomic E-state index is 12.2. The quantitative estimate of drug-likeness (QED) is 0.926. The van der Waals surface area contributed by atoms with Crippen LogP contribution in [0.4, 0.5) is 5.69 Å². The van der Waals surface area contributed by atoms with E-state index in [-0.39, 0.29) is 23.7 Å². The molecule has 0 aliphatic carbocycles. The fraction of sp³-hybridized carbons (Fsp3) is 0.529. The van der Waals surface area contributed by atoms with Crippen LogP contribution >= 0.6 is 0 Å². The number of nitrogens with one attached hydrogen (secondary N) is 1. The van der Waals surface area contributed by atoms with Crippen molar-refractivity contribution in [2.75, 3.05) is 18.4 Å². The van der Waals surface area contributed by atoms with E-state index >= 15 is 0 Å². The van der Waals surface area contributed by atoms with Crippen LogP contribution in [0.1, 0.15) is 33.1 Å². The van der Waals surface area contributed by atoms with Gasteiger partial charge in [-0.3, -0.25) is 9.59 Å². The zero-order valence-electron chi connectivity index (χ0n) is 12.8. The van der Waals surface area contributed by atoms with Gasteiger partial charge in [-0.15, -0.1) is 0 Å². The van der Waals surface area contributed by atoms with Crippen LogP contribution in [0.25, 0.3) is 0 Å². The summed E-state index contributed by atoms with van der Waals surface area (Å²) in [5.74, 6) is 0.377. The fourth-order valence-corrected chi connectivity index (χ4v) is 2.61. The first kappa shape index (κ1) is 15.5. The van der Waals surface area contributed by atoms with E-state index in [0.29, 0.717) is 13.1 Å². The number of hydrogen-bond donors (Lipinski definition) is 1. The van der Waals surface area contributed by atoms with E-state index in [1.54, 1.807) is 0 Å². The van der Waals surface area contributed by atoms with Gasteiger partial charge >= 0.3 is 0 Å². The van der Waals surface area contributed by atoms with E-state index in [2.05, 4.69) is 5.32 Å². The Morgan fingerprint density at radius 2 is 1.86 bits per heavy atom. The van der Waals surface area contributed by atoms with E-state index in [1.807, 2.05) is 49.1 Å². The van der Waals surface area contributed by atoms with Crippen molar-refractivity contribution < 1.29 is 9.59 Å². The highest BCUT2D eigenvalue weighted by Gasteiger charge is 2.28.